The van der Waals surface area contributed by atoms with Crippen LogP contribution in [0.25, 0.3) is 0 Å². The highest BCUT2D eigenvalue weighted by Crippen LogP contribution is 2.15. The minimum atomic E-state index is 0.617. The Bertz CT molecular complexity index is 577. The fourth-order valence-electron chi connectivity index (χ4n) is 2.34. The lowest BCUT2D eigenvalue weighted by Crippen LogP contribution is -2.16. The Hall–Kier alpha value is -1.80. The van der Waals surface area contributed by atoms with Gasteiger partial charge < -0.3 is 10.1 Å². The van der Waals surface area contributed by atoms with E-state index in [0.29, 0.717) is 6.61 Å². The van der Waals surface area contributed by atoms with Crippen LogP contribution in [0.5, 0.6) is 5.75 Å². The molecule has 2 aromatic rings. The summed E-state index contributed by atoms with van der Waals surface area (Å²) in [5.74, 6) is 1.68. The second-order valence-electron chi connectivity index (χ2n) is 6.28. The standard InChI is InChI=1S/C20H27NO/c1-16(2)10-11-21-14-18-7-5-9-20(13-18)22-15-19-8-4-6-17(3)12-19/h4-9,12-13,16,21H,10-11,14-15H2,1-3H3. The molecule has 22 heavy (non-hydrogen) atoms. The van der Waals surface area contributed by atoms with Gasteiger partial charge in [-0.1, -0.05) is 55.8 Å². The Balaban J connectivity index is 1.83. The van der Waals surface area contributed by atoms with Crippen LogP contribution >= 0.6 is 0 Å². The van der Waals surface area contributed by atoms with Gasteiger partial charge in [-0.15, -0.1) is 0 Å². The summed E-state index contributed by atoms with van der Waals surface area (Å²) in [7, 11) is 0. The molecule has 0 aliphatic heterocycles. The van der Waals surface area contributed by atoms with Crippen LogP contribution in [0.4, 0.5) is 0 Å². The molecule has 0 heterocycles. The van der Waals surface area contributed by atoms with Gasteiger partial charge in [-0.05, 0) is 49.1 Å². The Morgan fingerprint density at radius 1 is 1.00 bits per heavy atom. The zero-order valence-electron chi connectivity index (χ0n) is 13.9. The Labute approximate surface area is 134 Å². The van der Waals surface area contributed by atoms with Gasteiger partial charge in [0.25, 0.3) is 0 Å². The average molecular weight is 297 g/mol. The summed E-state index contributed by atoms with van der Waals surface area (Å²) < 4.78 is 5.90. The summed E-state index contributed by atoms with van der Waals surface area (Å²) in [6.07, 6.45) is 1.21. The van der Waals surface area contributed by atoms with Gasteiger partial charge >= 0.3 is 0 Å². The van der Waals surface area contributed by atoms with Crippen molar-refractivity contribution in [3.8, 4) is 5.75 Å². The first-order valence-corrected chi connectivity index (χ1v) is 8.11. The summed E-state index contributed by atoms with van der Waals surface area (Å²) in [6.45, 7) is 9.18. The van der Waals surface area contributed by atoms with Crippen molar-refractivity contribution in [2.24, 2.45) is 5.92 Å². The molecule has 0 saturated carbocycles. The topological polar surface area (TPSA) is 21.3 Å². The zero-order valence-corrected chi connectivity index (χ0v) is 13.9. The van der Waals surface area contributed by atoms with E-state index in [9.17, 15) is 0 Å². The molecule has 0 atom stereocenters. The molecule has 0 radical (unpaired) electrons. The second-order valence-corrected chi connectivity index (χ2v) is 6.28. The smallest absolute Gasteiger partial charge is 0.120 e. The van der Waals surface area contributed by atoms with Crippen molar-refractivity contribution >= 4 is 0 Å². The fourth-order valence-corrected chi connectivity index (χ4v) is 2.34. The first-order valence-electron chi connectivity index (χ1n) is 8.11. The predicted molar refractivity (Wildman–Crippen MR) is 93.1 cm³/mol. The molecule has 0 aromatic heterocycles. The summed E-state index contributed by atoms with van der Waals surface area (Å²) >= 11 is 0. The number of hydrogen-bond donors (Lipinski definition) is 1. The maximum absolute atomic E-state index is 5.90. The molecule has 0 saturated heterocycles. The predicted octanol–water partition coefficient (Wildman–Crippen LogP) is 4.71. The van der Waals surface area contributed by atoms with Crippen LogP contribution < -0.4 is 10.1 Å². The van der Waals surface area contributed by atoms with Crippen molar-refractivity contribution in [2.45, 2.75) is 40.3 Å². The lowest BCUT2D eigenvalue weighted by atomic mass is 10.1. The zero-order chi connectivity index (χ0) is 15.8. The number of aryl methyl sites for hydroxylation is 1. The molecule has 0 bridgehead atoms. The third-order valence-corrected chi connectivity index (χ3v) is 3.61. The minimum Gasteiger partial charge on any atom is -0.489 e. The highest BCUT2D eigenvalue weighted by atomic mass is 16.5. The van der Waals surface area contributed by atoms with Gasteiger partial charge in [0.1, 0.15) is 12.4 Å². The molecule has 2 nitrogen and oxygen atoms in total. The van der Waals surface area contributed by atoms with Gasteiger partial charge in [-0.25, -0.2) is 0 Å². The third-order valence-electron chi connectivity index (χ3n) is 3.61. The molecule has 0 unspecified atom stereocenters. The molecule has 118 valence electrons. The van der Waals surface area contributed by atoms with E-state index >= 15 is 0 Å². The van der Waals surface area contributed by atoms with E-state index in [-0.39, 0.29) is 0 Å². The van der Waals surface area contributed by atoms with Crippen LogP contribution in [-0.2, 0) is 13.2 Å². The van der Waals surface area contributed by atoms with E-state index in [2.05, 4.69) is 68.6 Å². The Kier molecular flexibility index (Phi) is 6.47. The summed E-state index contributed by atoms with van der Waals surface area (Å²) in [5, 5.41) is 3.49. The first kappa shape index (κ1) is 16.6. The monoisotopic (exact) mass is 297 g/mol. The van der Waals surface area contributed by atoms with E-state index in [4.69, 9.17) is 4.74 Å². The van der Waals surface area contributed by atoms with Crippen molar-refractivity contribution in [1.82, 2.24) is 5.32 Å². The summed E-state index contributed by atoms with van der Waals surface area (Å²) in [6, 6.07) is 16.8. The van der Waals surface area contributed by atoms with Crippen LogP contribution in [0.15, 0.2) is 48.5 Å². The van der Waals surface area contributed by atoms with Crippen molar-refractivity contribution in [3.05, 3.63) is 65.2 Å². The number of nitrogens with one attached hydrogen (secondary N) is 1. The number of rotatable bonds is 8. The highest BCUT2D eigenvalue weighted by Gasteiger charge is 2.00. The third kappa shape index (κ3) is 5.90. The molecule has 0 aliphatic rings. The summed E-state index contributed by atoms with van der Waals surface area (Å²) in [5.41, 5.74) is 3.75. The van der Waals surface area contributed by atoms with Gasteiger partial charge in [0.05, 0.1) is 0 Å². The Morgan fingerprint density at radius 2 is 1.77 bits per heavy atom. The maximum atomic E-state index is 5.90. The van der Waals surface area contributed by atoms with Crippen LogP contribution in [0, 0.1) is 12.8 Å². The molecule has 0 fully saturated rings. The van der Waals surface area contributed by atoms with E-state index in [1.807, 2.05) is 6.07 Å². The molecule has 2 rings (SSSR count). The molecule has 0 spiro atoms. The van der Waals surface area contributed by atoms with E-state index < -0.39 is 0 Å². The molecule has 1 N–H and O–H groups in total. The average Bonchev–Trinajstić information content (AvgIpc) is 2.50. The lowest BCUT2D eigenvalue weighted by Gasteiger charge is -2.10. The van der Waals surface area contributed by atoms with Crippen molar-refractivity contribution < 1.29 is 4.74 Å². The fraction of sp³-hybridized carbons (Fsp3) is 0.400. The molecular formula is C20H27NO. The van der Waals surface area contributed by atoms with Crippen LogP contribution in [-0.4, -0.2) is 6.54 Å². The first-order chi connectivity index (χ1) is 10.6. The lowest BCUT2D eigenvalue weighted by molar-refractivity contribution is 0.306. The molecule has 0 amide bonds. The van der Waals surface area contributed by atoms with Gasteiger partial charge in [0.15, 0.2) is 0 Å². The molecular weight excluding hydrogens is 270 g/mol. The van der Waals surface area contributed by atoms with Crippen molar-refractivity contribution in [1.29, 1.82) is 0 Å². The van der Waals surface area contributed by atoms with Gasteiger partial charge in [0.2, 0.25) is 0 Å². The highest BCUT2D eigenvalue weighted by molar-refractivity contribution is 5.29. The van der Waals surface area contributed by atoms with Crippen molar-refractivity contribution in [3.63, 3.8) is 0 Å². The van der Waals surface area contributed by atoms with Crippen LogP contribution in [0.1, 0.15) is 37.0 Å². The molecule has 2 aromatic carbocycles. The van der Waals surface area contributed by atoms with Crippen LogP contribution in [0.2, 0.25) is 0 Å². The van der Waals surface area contributed by atoms with Gasteiger partial charge in [-0.2, -0.15) is 0 Å². The molecule has 0 aliphatic carbocycles. The summed E-state index contributed by atoms with van der Waals surface area (Å²) in [4.78, 5) is 0. The largest absolute Gasteiger partial charge is 0.489 e. The SMILES string of the molecule is Cc1cccc(COc2cccc(CNCCC(C)C)c2)c1. The number of benzene rings is 2. The second kappa shape index (κ2) is 8.60. The number of hydrogen-bond acceptors (Lipinski definition) is 2. The maximum Gasteiger partial charge on any atom is 0.120 e. The van der Waals surface area contributed by atoms with Gasteiger partial charge in [0, 0.05) is 6.54 Å². The quantitative estimate of drug-likeness (QED) is 0.712. The van der Waals surface area contributed by atoms with Crippen LogP contribution in [0.3, 0.4) is 0 Å². The van der Waals surface area contributed by atoms with E-state index in [1.165, 1.54) is 23.1 Å². The van der Waals surface area contributed by atoms with Crippen molar-refractivity contribution in [2.75, 3.05) is 6.54 Å². The normalized spacial score (nSPS) is 10.9. The minimum absolute atomic E-state index is 0.617. The van der Waals surface area contributed by atoms with Gasteiger partial charge in [-0.3, -0.25) is 0 Å². The van der Waals surface area contributed by atoms with E-state index in [1.54, 1.807) is 0 Å². The van der Waals surface area contributed by atoms with E-state index in [0.717, 1.165) is 24.8 Å². The molecule has 2 heteroatoms. The Morgan fingerprint density at radius 3 is 2.55 bits per heavy atom. The number of ether oxygens (including phenoxy) is 1.